The third kappa shape index (κ3) is 29.3. The van der Waals surface area contributed by atoms with Crippen LogP contribution in [0.3, 0.4) is 0 Å². The normalized spacial score (nSPS) is 14.4. The number of aliphatic hydroxyl groups is 2. The standard InChI is InChI=1S/C35H67NO6S/c1-3-5-7-9-11-13-14-15-16-17-18-19-20-21-22-24-26-28-30-34(38)35(39)36-32(31-43(40,41)42)33(37)29-27-25-23-12-10-8-6-4-2/h11,13-15,32-34,37-38H,3-10,12,16-31H2,1-2H3,(H,36,39)(H,40,41,42)/b13-11-,15-14-. The maximum Gasteiger partial charge on any atom is 0.266 e. The maximum atomic E-state index is 12.5. The van der Waals surface area contributed by atoms with Crippen LogP contribution in [0, 0.1) is 0 Å². The smallest absolute Gasteiger partial charge is 0.266 e. The van der Waals surface area contributed by atoms with Crippen LogP contribution in [-0.4, -0.2) is 53.1 Å². The van der Waals surface area contributed by atoms with E-state index in [9.17, 15) is 28.0 Å². The molecule has 0 rings (SSSR count). The van der Waals surface area contributed by atoms with E-state index in [1.165, 1.54) is 83.5 Å². The van der Waals surface area contributed by atoms with Crippen molar-refractivity contribution in [3.05, 3.63) is 24.3 Å². The van der Waals surface area contributed by atoms with Crippen LogP contribution in [0.25, 0.3) is 0 Å². The highest BCUT2D eigenvalue weighted by molar-refractivity contribution is 7.85. The molecule has 1 amide bonds. The lowest BCUT2D eigenvalue weighted by Crippen LogP contribution is -2.50. The van der Waals surface area contributed by atoms with E-state index in [2.05, 4.69) is 43.5 Å². The van der Waals surface area contributed by atoms with Crippen molar-refractivity contribution in [1.29, 1.82) is 0 Å². The Morgan fingerprint density at radius 1 is 0.628 bits per heavy atom. The van der Waals surface area contributed by atoms with Gasteiger partial charge in [-0.2, -0.15) is 8.42 Å². The van der Waals surface area contributed by atoms with Gasteiger partial charge >= 0.3 is 0 Å². The average Bonchev–Trinajstić information content (AvgIpc) is 2.96. The molecule has 7 nitrogen and oxygen atoms in total. The molecule has 0 bridgehead atoms. The van der Waals surface area contributed by atoms with Gasteiger partial charge in [-0.05, 0) is 38.5 Å². The highest BCUT2D eigenvalue weighted by atomic mass is 32.2. The topological polar surface area (TPSA) is 124 Å². The molecule has 0 saturated carbocycles. The predicted molar refractivity (Wildman–Crippen MR) is 181 cm³/mol. The second-order valence-electron chi connectivity index (χ2n) is 12.3. The first-order valence-corrected chi connectivity index (χ1v) is 19.3. The van der Waals surface area contributed by atoms with Gasteiger partial charge in [-0.25, -0.2) is 0 Å². The van der Waals surface area contributed by atoms with Gasteiger partial charge in [-0.1, -0.05) is 154 Å². The van der Waals surface area contributed by atoms with Gasteiger partial charge in [0.1, 0.15) is 6.10 Å². The van der Waals surface area contributed by atoms with Crippen molar-refractivity contribution < 1.29 is 28.0 Å². The molecule has 0 aliphatic heterocycles. The summed E-state index contributed by atoms with van der Waals surface area (Å²) < 4.78 is 32.3. The molecule has 0 aromatic rings. The summed E-state index contributed by atoms with van der Waals surface area (Å²) in [5.41, 5.74) is 0. The molecule has 0 spiro atoms. The van der Waals surface area contributed by atoms with Crippen LogP contribution in [-0.2, 0) is 14.9 Å². The van der Waals surface area contributed by atoms with E-state index in [0.717, 1.165) is 44.9 Å². The summed E-state index contributed by atoms with van der Waals surface area (Å²) in [7, 11) is -4.40. The van der Waals surface area contributed by atoms with Crippen LogP contribution >= 0.6 is 0 Å². The molecule has 0 aromatic carbocycles. The van der Waals surface area contributed by atoms with Crippen LogP contribution in [0.5, 0.6) is 0 Å². The van der Waals surface area contributed by atoms with Gasteiger partial charge in [0.25, 0.3) is 10.1 Å². The third-order valence-corrected chi connectivity index (χ3v) is 8.82. The molecule has 0 radical (unpaired) electrons. The molecule has 0 fully saturated rings. The number of carbonyl (C=O) groups excluding carboxylic acids is 1. The molecule has 8 heteroatoms. The second-order valence-corrected chi connectivity index (χ2v) is 13.8. The van der Waals surface area contributed by atoms with Crippen molar-refractivity contribution >= 4 is 16.0 Å². The molecular formula is C35H67NO6S. The Kier molecular flexibility index (Phi) is 28.7. The SMILES string of the molecule is CCCCC/C=C\C=C/CCCCCCCCCCCC(O)C(=O)NC(CS(=O)(=O)O)C(O)CCCCCCCCCC. The summed E-state index contributed by atoms with van der Waals surface area (Å²) in [5.74, 6) is -1.46. The number of hydrogen-bond donors (Lipinski definition) is 4. The van der Waals surface area contributed by atoms with Gasteiger partial charge in [-0.15, -0.1) is 0 Å². The minimum atomic E-state index is -4.40. The van der Waals surface area contributed by atoms with Crippen LogP contribution in [0.4, 0.5) is 0 Å². The molecule has 0 heterocycles. The Hall–Kier alpha value is -1.22. The zero-order valence-electron chi connectivity index (χ0n) is 27.7. The molecule has 43 heavy (non-hydrogen) atoms. The summed E-state index contributed by atoms with van der Waals surface area (Å²) in [4.78, 5) is 12.5. The van der Waals surface area contributed by atoms with E-state index in [4.69, 9.17) is 0 Å². The number of allylic oxidation sites excluding steroid dienone is 4. The summed E-state index contributed by atoms with van der Waals surface area (Å²) in [6.45, 7) is 4.41. The van der Waals surface area contributed by atoms with Crippen molar-refractivity contribution in [2.45, 2.75) is 186 Å². The van der Waals surface area contributed by atoms with Crippen molar-refractivity contribution in [3.8, 4) is 0 Å². The lowest BCUT2D eigenvalue weighted by Gasteiger charge is -2.24. The number of aliphatic hydroxyl groups excluding tert-OH is 2. The van der Waals surface area contributed by atoms with Gasteiger partial charge in [0.2, 0.25) is 5.91 Å². The van der Waals surface area contributed by atoms with E-state index in [0.29, 0.717) is 25.7 Å². The number of unbranched alkanes of at least 4 members (excludes halogenated alkanes) is 19. The zero-order valence-corrected chi connectivity index (χ0v) is 28.5. The first kappa shape index (κ1) is 41.8. The molecule has 0 aliphatic rings. The summed E-state index contributed by atoms with van der Waals surface area (Å²) in [6, 6.07) is -1.14. The quantitative estimate of drug-likeness (QED) is 0.0346. The highest BCUT2D eigenvalue weighted by Crippen LogP contribution is 2.15. The fraction of sp³-hybridized carbons (Fsp3) is 0.857. The first-order valence-electron chi connectivity index (χ1n) is 17.6. The van der Waals surface area contributed by atoms with E-state index in [1.54, 1.807) is 0 Å². The Morgan fingerprint density at radius 2 is 1.02 bits per heavy atom. The van der Waals surface area contributed by atoms with Crippen LogP contribution < -0.4 is 5.32 Å². The van der Waals surface area contributed by atoms with Crippen LogP contribution in [0.1, 0.15) is 168 Å². The van der Waals surface area contributed by atoms with Crippen molar-refractivity contribution in [3.63, 3.8) is 0 Å². The van der Waals surface area contributed by atoms with Crippen LogP contribution in [0.15, 0.2) is 24.3 Å². The fourth-order valence-electron chi connectivity index (χ4n) is 5.27. The summed E-state index contributed by atoms with van der Waals surface area (Å²) in [5, 5.41) is 23.3. The third-order valence-electron chi connectivity index (χ3n) is 8.04. The Morgan fingerprint density at radius 3 is 1.51 bits per heavy atom. The van der Waals surface area contributed by atoms with E-state index >= 15 is 0 Å². The van der Waals surface area contributed by atoms with E-state index in [-0.39, 0.29) is 0 Å². The summed E-state index contributed by atoms with van der Waals surface area (Å²) >= 11 is 0. The minimum Gasteiger partial charge on any atom is -0.391 e. The van der Waals surface area contributed by atoms with Gasteiger partial charge in [0.15, 0.2) is 0 Å². The van der Waals surface area contributed by atoms with E-state index < -0.39 is 40.0 Å². The van der Waals surface area contributed by atoms with Crippen LogP contribution in [0.2, 0.25) is 0 Å². The number of nitrogens with one attached hydrogen (secondary N) is 1. The van der Waals surface area contributed by atoms with Crippen molar-refractivity contribution in [1.82, 2.24) is 5.32 Å². The molecular weight excluding hydrogens is 562 g/mol. The summed E-state index contributed by atoms with van der Waals surface area (Å²) in [6.07, 6.45) is 32.1. The number of carbonyl (C=O) groups is 1. The zero-order chi connectivity index (χ0) is 32.0. The average molecular weight is 630 g/mol. The molecule has 0 aliphatic carbocycles. The molecule has 3 atom stereocenters. The molecule has 4 N–H and O–H groups in total. The monoisotopic (exact) mass is 629 g/mol. The Balaban J connectivity index is 4.00. The van der Waals surface area contributed by atoms with Gasteiger partial charge in [0.05, 0.1) is 17.9 Å². The Bertz CT molecular complexity index is 798. The number of amides is 1. The number of rotatable bonds is 31. The van der Waals surface area contributed by atoms with Gasteiger partial charge in [-0.3, -0.25) is 9.35 Å². The molecule has 0 aromatic heterocycles. The minimum absolute atomic E-state index is 0.292. The van der Waals surface area contributed by atoms with Gasteiger partial charge in [0, 0.05) is 0 Å². The first-order chi connectivity index (χ1) is 20.7. The molecule has 0 saturated heterocycles. The second kappa shape index (κ2) is 29.5. The van der Waals surface area contributed by atoms with Gasteiger partial charge < -0.3 is 15.5 Å². The number of hydrogen-bond acceptors (Lipinski definition) is 5. The largest absolute Gasteiger partial charge is 0.391 e. The van der Waals surface area contributed by atoms with Crippen molar-refractivity contribution in [2.75, 3.05) is 5.75 Å². The lowest BCUT2D eigenvalue weighted by molar-refractivity contribution is -0.131. The highest BCUT2D eigenvalue weighted by Gasteiger charge is 2.28. The van der Waals surface area contributed by atoms with Crippen molar-refractivity contribution in [2.24, 2.45) is 0 Å². The lowest BCUT2D eigenvalue weighted by atomic mass is 10.0. The Labute approximate surface area is 265 Å². The fourth-order valence-corrected chi connectivity index (χ4v) is 6.03. The molecule has 254 valence electrons. The molecule has 3 unspecified atom stereocenters. The maximum absolute atomic E-state index is 12.5. The van der Waals surface area contributed by atoms with E-state index in [1.807, 2.05) is 0 Å². The predicted octanol–water partition coefficient (Wildman–Crippen LogP) is 8.60.